The van der Waals surface area contributed by atoms with Crippen molar-refractivity contribution in [1.29, 1.82) is 5.26 Å². The van der Waals surface area contributed by atoms with Crippen LogP contribution in [0.15, 0.2) is 53.4 Å². The van der Waals surface area contributed by atoms with Crippen molar-refractivity contribution >= 4 is 29.3 Å². The fraction of sp³-hybridized carbons (Fsp3) is 0.125. The Kier molecular flexibility index (Phi) is 5.68. The first-order valence-corrected chi connectivity index (χ1v) is 7.63. The van der Waals surface area contributed by atoms with Gasteiger partial charge >= 0.3 is 5.97 Å². The number of esters is 1. The number of hydrogen-bond acceptors (Lipinski definition) is 4. The van der Waals surface area contributed by atoms with E-state index in [2.05, 4.69) is 0 Å². The molecule has 106 valence electrons. The minimum absolute atomic E-state index is 0.291. The van der Waals surface area contributed by atoms with Crippen molar-refractivity contribution < 1.29 is 9.53 Å². The third kappa shape index (κ3) is 5.14. The van der Waals surface area contributed by atoms with Crippen LogP contribution >= 0.6 is 23.4 Å². The Morgan fingerprint density at radius 3 is 2.43 bits per heavy atom. The fourth-order valence-corrected chi connectivity index (χ4v) is 2.52. The molecule has 21 heavy (non-hydrogen) atoms. The molecule has 0 heterocycles. The molecule has 0 atom stereocenters. The SMILES string of the molecule is N#Cc1ccc(OC(=O)CCSc2ccc(Cl)cc2)cc1. The van der Waals surface area contributed by atoms with Gasteiger partial charge in [0, 0.05) is 15.7 Å². The molecule has 0 aromatic heterocycles. The quantitative estimate of drug-likeness (QED) is 0.468. The van der Waals surface area contributed by atoms with Gasteiger partial charge in [0.2, 0.25) is 0 Å². The summed E-state index contributed by atoms with van der Waals surface area (Å²) in [7, 11) is 0. The summed E-state index contributed by atoms with van der Waals surface area (Å²) in [6.45, 7) is 0. The molecule has 0 unspecified atom stereocenters. The number of carbonyl (C=O) groups is 1. The van der Waals surface area contributed by atoms with Gasteiger partial charge in [-0.25, -0.2) is 0 Å². The number of carbonyl (C=O) groups excluding carboxylic acids is 1. The Morgan fingerprint density at radius 1 is 1.14 bits per heavy atom. The largest absolute Gasteiger partial charge is 0.427 e. The molecule has 2 rings (SSSR count). The van der Waals surface area contributed by atoms with E-state index in [1.54, 1.807) is 36.0 Å². The van der Waals surface area contributed by atoms with Gasteiger partial charge < -0.3 is 4.74 Å². The minimum atomic E-state index is -0.291. The molecule has 0 N–H and O–H groups in total. The first-order valence-electron chi connectivity index (χ1n) is 6.26. The monoisotopic (exact) mass is 317 g/mol. The van der Waals surface area contributed by atoms with Crippen LogP contribution in [0, 0.1) is 11.3 Å². The predicted octanol–water partition coefficient (Wildman–Crippen LogP) is 4.30. The molecule has 2 aromatic carbocycles. The van der Waals surface area contributed by atoms with Crippen molar-refractivity contribution in [3.05, 3.63) is 59.1 Å². The summed E-state index contributed by atoms with van der Waals surface area (Å²) in [5, 5.41) is 9.38. The lowest BCUT2D eigenvalue weighted by molar-refractivity contribution is -0.133. The zero-order valence-corrected chi connectivity index (χ0v) is 12.7. The van der Waals surface area contributed by atoms with Gasteiger partial charge in [0.05, 0.1) is 18.1 Å². The normalized spacial score (nSPS) is 9.90. The number of ether oxygens (including phenoxy) is 1. The molecule has 0 saturated heterocycles. The summed E-state index contributed by atoms with van der Waals surface area (Å²) in [5.41, 5.74) is 0.535. The summed E-state index contributed by atoms with van der Waals surface area (Å²) in [5.74, 6) is 0.799. The number of nitrogens with zero attached hydrogens (tertiary/aromatic N) is 1. The second kappa shape index (κ2) is 7.72. The van der Waals surface area contributed by atoms with Crippen LogP contribution in [-0.4, -0.2) is 11.7 Å². The molecular formula is C16H12ClNO2S. The zero-order valence-electron chi connectivity index (χ0n) is 11.1. The fourth-order valence-electron chi connectivity index (χ4n) is 1.56. The highest BCUT2D eigenvalue weighted by molar-refractivity contribution is 7.99. The smallest absolute Gasteiger partial charge is 0.312 e. The van der Waals surface area contributed by atoms with E-state index in [9.17, 15) is 4.79 Å². The van der Waals surface area contributed by atoms with E-state index in [0.29, 0.717) is 28.5 Å². The Bertz CT molecular complexity index is 647. The Labute approximate surface area is 132 Å². The van der Waals surface area contributed by atoms with Gasteiger partial charge in [-0.1, -0.05) is 11.6 Å². The molecule has 0 bridgehead atoms. The molecule has 5 heteroatoms. The van der Waals surface area contributed by atoms with Crippen LogP contribution in [0.3, 0.4) is 0 Å². The molecule has 0 radical (unpaired) electrons. The number of benzene rings is 2. The molecule has 0 spiro atoms. The highest BCUT2D eigenvalue weighted by Gasteiger charge is 2.05. The van der Waals surface area contributed by atoms with Crippen molar-refractivity contribution in [2.75, 3.05) is 5.75 Å². The van der Waals surface area contributed by atoms with Crippen LogP contribution in [0.5, 0.6) is 5.75 Å². The van der Waals surface area contributed by atoms with E-state index in [0.717, 1.165) is 4.90 Å². The van der Waals surface area contributed by atoms with E-state index >= 15 is 0 Å². The molecular weight excluding hydrogens is 306 g/mol. The van der Waals surface area contributed by atoms with Crippen LogP contribution in [0.25, 0.3) is 0 Å². The second-order valence-corrected chi connectivity index (χ2v) is 5.77. The summed E-state index contributed by atoms with van der Waals surface area (Å²) in [4.78, 5) is 12.8. The standard InChI is InChI=1S/C16H12ClNO2S/c17-13-3-7-15(8-4-13)21-10-9-16(19)20-14-5-1-12(11-18)2-6-14/h1-8H,9-10H2. The Hall–Kier alpha value is -1.96. The van der Waals surface area contributed by atoms with Crippen molar-refractivity contribution in [2.24, 2.45) is 0 Å². The summed E-state index contributed by atoms with van der Waals surface area (Å²) in [6.07, 6.45) is 0.313. The average molecular weight is 318 g/mol. The maximum Gasteiger partial charge on any atom is 0.312 e. The lowest BCUT2D eigenvalue weighted by atomic mass is 10.2. The third-order valence-electron chi connectivity index (χ3n) is 2.60. The van der Waals surface area contributed by atoms with E-state index in [1.165, 1.54) is 0 Å². The lowest BCUT2D eigenvalue weighted by Crippen LogP contribution is -2.08. The second-order valence-electron chi connectivity index (χ2n) is 4.16. The van der Waals surface area contributed by atoms with Gasteiger partial charge in [-0.05, 0) is 48.5 Å². The number of hydrogen-bond donors (Lipinski definition) is 0. The first-order chi connectivity index (χ1) is 10.2. The number of halogens is 1. The van der Waals surface area contributed by atoms with Crippen LogP contribution in [0.4, 0.5) is 0 Å². The van der Waals surface area contributed by atoms with Crippen molar-refractivity contribution in [3.63, 3.8) is 0 Å². The highest BCUT2D eigenvalue weighted by Crippen LogP contribution is 2.21. The van der Waals surface area contributed by atoms with Crippen LogP contribution in [0.1, 0.15) is 12.0 Å². The van der Waals surface area contributed by atoms with Crippen molar-refractivity contribution in [2.45, 2.75) is 11.3 Å². The molecule has 0 amide bonds. The van der Waals surface area contributed by atoms with Gasteiger partial charge in [0.25, 0.3) is 0 Å². The number of nitriles is 1. The minimum Gasteiger partial charge on any atom is -0.427 e. The number of rotatable bonds is 5. The predicted molar refractivity (Wildman–Crippen MR) is 83.6 cm³/mol. The van der Waals surface area contributed by atoms with E-state index in [4.69, 9.17) is 21.6 Å². The zero-order chi connectivity index (χ0) is 15.1. The first kappa shape index (κ1) is 15.4. The number of thioether (sulfide) groups is 1. The summed E-state index contributed by atoms with van der Waals surface area (Å²) >= 11 is 7.38. The lowest BCUT2D eigenvalue weighted by Gasteiger charge is -2.04. The Balaban J connectivity index is 1.76. The Morgan fingerprint density at radius 2 is 1.81 bits per heavy atom. The molecule has 0 saturated carbocycles. The summed E-state index contributed by atoms with van der Waals surface area (Å²) < 4.78 is 5.19. The maximum atomic E-state index is 11.7. The highest BCUT2D eigenvalue weighted by atomic mass is 35.5. The van der Waals surface area contributed by atoms with Gasteiger partial charge in [0.1, 0.15) is 5.75 Å². The van der Waals surface area contributed by atoms with Gasteiger partial charge in [0.15, 0.2) is 0 Å². The van der Waals surface area contributed by atoms with Crippen molar-refractivity contribution in [3.8, 4) is 11.8 Å². The van der Waals surface area contributed by atoms with E-state index in [1.807, 2.05) is 30.3 Å². The van der Waals surface area contributed by atoms with Gasteiger partial charge in [-0.3, -0.25) is 4.79 Å². The van der Waals surface area contributed by atoms with Gasteiger partial charge in [-0.15, -0.1) is 11.8 Å². The van der Waals surface area contributed by atoms with Crippen LogP contribution in [-0.2, 0) is 4.79 Å². The molecule has 0 fully saturated rings. The maximum absolute atomic E-state index is 11.7. The average Bonchev–Trinajstić information content (AvgIpc) is 2.50. The van der Waals surface area contributed by atoms with Crippen LogP contribution in [0.2, 0.25) is 5.02 Å². The molecule has 0 aliphatic heterocycles. The molecule has 0 aliphatic rings. The van der Waals surface area contributed by atoms with E-state index < -0.39 is 0 Å². The molecule has 2 aromatic rings. The van der Waals surface area contributed by atoms with Crippen molar-refractivity contribution in [1.82, 2.24) is 0 Å². The topological polar surface area (TPSA) is 50.1 Å². The van der Waals surface area contributed by atoms with Gasteiger partial charge in [-0.2, -0.15) is 5.26 Å². The van der Waals surface area contributed by atoms with Crippen LogP contribution < -0.4 is 4.74 Å². The molecule has 3 nitrogen and oxygen atoms in total. The van der Waals surface area contributed by atoms with E-state index in [-0.39, 0.29) is 5.97 Å². The summed E-state index contributed by atoms with van der Waals surface area (Å²) in [6, 6.07) is 15.9. The third-order valence-corrected chi connectivity index (χ3v) is 3.87. The molecule has 0 aliphatic carbocycles.